The third kappa shape index (κ3) is 2.15. The summed E-state index contributed by atoms with van der Waals surface area (Å²) in [7, 11) is 3.51. The first-order valence-electron chi connectivity index (χ1n) is 4.49. The summed E-state index contributed by atoms with van der Waals surface area (Å²) in [5.74, 6) is 0.0800. The first-order chi connectivity index (χ1) is 6.14. The van der Waals surface area contributed by atoms with Gasteiger partial charge in [0.25, 0.3) is 0 Å². The van der Waals surface area contributed by atoms with E-state index < -0.39 is 0 Å². The normalized spacial score (nSPS) is 22.7. The maximum Gasteiger partial charge on any atom is 0.240 e. The third-order valence-corrected chi connectivity index (χ3v) is 3.13. The first kappa shape index (κ1) is 10.8. The highest BCUT2D eigenvalue weighted by molar-refractivity contribution is 7.77. The summed E-state index contributed by atoms with van der Waals surface area (Å²) in [6.45, 7) is 1.69. The van der Waals surface area contributed by atoms with Gasteiger partial charge >= 0.3 is 0 Å². The van der Waals surface area contributed by atoms with Crippen LogP contribution in [0, 0.1) is 0 Å². The van der Waals surface area contributed by atoms with E-state index in [1.165, 1.54) is 0 Å². The summed E-state index contributed by atoms with van der Waals surface area (Å²) in [4.78, 5) is 11.6. The molecule has 0 atom stereocenters. The average molecular weight is 203 g/mol. The van der Waals surface area contributed by atoms with Crippen molar-refractivity contribution in [2.75, 3.05) is 27.2 Å². The topological polar surface area (TPSA) is 44.4 Å². The molecule has 76 valence electrons. The zero-order chi connectivity index (χ0) is 9.90. The van der Waals surface area contributed by atoms with Crippen LogP contribution in [-0.2, 0) is 4.79 Å². The molecule has 5 heteroatoms. The molecular weight excluding hydrogens is 186 g/mol. The lowest BCUT2D eigenvalue weighted by Gasteiger charge is -2.38. The fourth-order valence-corrected chi connectivity index (χ4v) is 1.91. The van der Waals surface area contributed by atoms with Gasteiger partial charge in [-0.15, -0.1) is 0 Å². The van der Waals surface area contributed by atoms with Crippen LogP contribution >= 0.6 is 12.8 Å². The monoisotopic (exact) mass is 203 g/mol. The Kier molecular flexibility index (Phi) is 3.58. The van der Waals surface area contributed by atoms with Crippen LogP contribution in [0.3, 0.4) is 0 Å². The summed E-state index contributed by atoms with van der Waals surface area (Å²) in [6.07, 6.45) is 1.62. The number of carbonyl (C=O) groups is 1. The van der Waals surface area contributed by atoms with Crippen LogP contribution in [0.25, 0.3) is 0 Å². The van der Waals surface area contributed by atoms with Gasteiger partial charge in [0.05, 0.1) is 0 Å². The summed E-state index contributed by atoms with van der Waals surface area (Å²) < 4.78 is 1.94. The number of piperidine rings is 1. The number of rotatable bonds is 2. The van der Waals surface area contributed by atoms with Crippen LogP contribution in [0.15, 0.2) is 0 Å². The highest BCUT2D eigenvalue weighted by Gasteiger charge is 2.38. The lowest BCUT2D eigenvalue weighted by atomic mass is 9.87. The van der Waals surface area contributed by atoms with Crippen LogP contribution in [0.2, 0.25) is 0 Å². The van der Waals surface area contributed by atoms with Crippen molar-refractivity contribution in [2.24, 2.45) is 0 Å². The lowest BCUT2D eigenvalue weighted by molar-refractivity contribution is -0.128. The fourth-order valence-electron chi connectivity index (χ4n) is 1.71. The summed E-state index contributed by atoms with van der Waals surface area (Å²) >= 11 is 4.25. The van der Waals surface area contributed by atoms with E-state index in [2.05, 4.69) is 23.4 Å². The highest BCUT2D eigenvalue weighted by Crippen LogP contribution is 2.22. The molecule has 1 rings (SSSR count). The molecular formula is C8H17N3OS. The highest BCUT2D eigenvalue weighted by atomic mass is 32.1. The number of thiol groups is 1. The van der Waals surface area contributed by atoms with Crippen molar-refractivity contribution in [3.63, 3.8) is 0 Å². The zero-order valence-corrected chi connectivity index (χ0v) is 9.03. The van der Waals surface area contributed by atoms with E-state index >= 15 is 0 Å². The number of hydrogen-bond acceptors (Lipinski definition) is 4. The van der Waals surface area contributed by atoms with Crippen molar-refractivity contribution in [1.29, 1.82) is 0 Å². The van der Waals surface area contributed by atoms with E-state index in [9.17, 15) is 4.79 Å². The Labute approximate surface area is 84.6 Å². The molecule has 0 aliphatic carbocycles. The first-order valence-corrected chi connectivity index (χ1v) is 4.89. The van der Waals surface area contributed by atoms with Crippen molar-refractivity contribution in [1.82, 2.24) is 14.9 Å². The predicted molar refractivity (Wildman–Crippen MR) is 55.7 cm³/mol. The van der Waals surface area contributed by atoms with Crippen molar-refractivity contribution in [3.05, 3.63) is 0 Å². The summed E-state index contributed by atoms with van der Waals surface area (Å²) in [5.41, 5.74) is -0.381. The van der Waals surface area contributed by atoms with Gasteiger partial charge in [-0.05, 0) is 19.9 Å². The van der Waals surface area contributed by atoms with Crippen molar-refractivity contribution >= 4 is 18.7 Å². The molecule has 0 spiro atoms. The van der Waals surface area contributed by atoms with Gasteiger partial charge in [-0.1, -0.05) is 12.8 Å². The van der Waals surface area contributed by atoms with Gasteiger partial charge in [0.2, 0.25) is 5.91 Å². The minimum atomic E-state index is -0.381. The third-order valence-electron chi connectivity index (χ3n) is 2.73. The Morgan fingerprint density at radius 1 is 1.38 bits per heavy atom. The Morgan fingerprint density at radius 3 is 2.31 bits per heavy atom. The quantitative estimate of drug-likeness (QED) is 0.537. The molecule has 0 aromatic rings. The number of likely N-dealkylation sites (N-methyl/N-ethyl adjacent to an activating group) is 2. The second-order valence-corrected chi connectivity index (χ2v) is 3.93. The van der Waals surface area contributed by atoms with Crippen LogP contribution in [0.5, 0.6) is 0 Å². The van der Waals surface area contributed by atoms with Gasteiger partial charge < -0.3 is 10.6 Å². The van der Waals surface area contributed by atoms with Gasteiger partial charge in [-0.25, -0.2) is 0 Å². The molecule has 13 heavy (non-hydrogen) atoms. The van der Waals surface area contributed by atoms with E-state index in [0.29, 0.717) is 0 Å². The molecule has 1 saturated heterocycles. The van der Waals surface area contributed by atoms with Crippen molar-refractivity contribution < 1.29 is 4.79 Å². The van der Waals surface area contributed by atoms with Gasteiger partial charge in [-0.3, -0.25) is 9.10 Å². The molecule has 0 unspecified atom stereocenters. The fraction of sp³-hybridized carbons (Fsp3) is 0.875. The van der Waals surface area contributed by atoms with Crippen LogP contribution in [0.1, 0.15) is 12.8 Å². The van der Waals surface area contributed by atoms with Gasteiger partial charge in [0.15, 0.2) is 0 Å². The minimum Gasteiger partial charge on any atom is -0.358 e. The molecule has 1 fully saturated rings. The van der Waals surface area contributed by atoms with Crippen LogP contribution < -0.4 is 10.6 Å². The van der Waals surface area contributed by atoms with Crippen molar-refractivity contribution in [3.8, 4) is 0 Å². The van der Waals surface area contributed by atoms with E-state index in [1.807, 2.05) is 11.4 Å². The SMILES string of the molecule is CNC(=O)C1(NC)CCN(S)CC1. The predicted octanol–water partition coefficient (Wildman–Crippen LogP) is -0.369. The van der Waals surface area contributed by atoms with Crippen LogP contribution in [0.4, 0.5) is 0 Å². The van der Waals surface area contributed by atoms with E-state index in [0.717, 1.165) is 25.9 Å². The van der Waals surface area contributed by atoms with Crippen molar-refractivity contribution in [2.45, 2.75) is 18.4 Å². The maximum atomic E-state index is 11.6. The summed E-state index contributed by atoms with van der Waals surface area (Å²) in [5, 5.41) is 5.81. The van der Waals surface area contributed by atoms with Gasteiger partial charge in [-0.2, -0.15) is 0 Å². The molecule has 0 bridgehead atoms. The number of amides is 1. The maximum absolute atomic E-state index is 11.6. The Morgan fingerprint density at radius 2 is 1.92 bits per heavy atom. The average Bonchev–Trinajstić information content (AvgIpc) is 2.18. The molecule has 0 saturated carbocycles. The molecule has 0 aromatic carbocycles. The van der Waals surface area contributed by atoms with E-state index in [1.54, 1.807) is 7.05 Å². The second kappa shape index (κ2) is 4.30. The van der Waals surface area contributed by atoms with Gasteiger partial charge in [0.1, 0.15) is 5.54 Å². The molecule has 0 radical (unpaired) electrons. The Hall–Kier alpha value is -0.260. The molecule has 1 aliphatic heterocycles. The largest absolute Gasteiger partial charge is 0.358 e. The van der Waals surface area contributed by atoms with Gasteiger partial charge in [0, 0.05) is 20.1 Å². The number of nitrogens with zero attached hydrogens (tertiary/aromatic N) is 1. The standard InChI is InChI=1S/C8H17N3OS/c1-9-7(12)8(10-2)3-5-11(13)6-4-8/h10,13H,3-6H2,1-2H3,(H,9,12). The molecule has 1 amide bonds. The van der Waals surface area contributed by atoms with E-state index in [4.69, 9.17) is 0 Å². The Balaban J connectivity index is 2.65. The molecule has 4 nitrogen and oxygen atoms in total. The molecule has 1 aliphatic rings. The number of nitrogens with one attached hydrogen (secondary N) is 2. The lowest BCUT2D eigenvalue weighted by Crippen LogP contribution is -2.59. The molecule has 2 N–H and O–H groups in total. The Bertz CT molecular complexity index is 190. The van der Waals surface area contributed by atoms with Crippen LogP contribution in [-0.4, -0.2) is 42.9 Å². The number of hydrogen-bond donors (Lipinski definition) is 3. The summed E-state index contributed by atoms with van der Waals surface area (Å²) in [6, 6.07) is 0. The zero-order valence-electron chi connectivity index (χ0n) is 8.13. The molecule has 0 aromatic heterocycles. The second-order valence-electron chi connectivity index (χ2n) is 3.36. The molecule has 1 heterocycles. The van der Waals surface area contributed by atoms with E-state index in [-0.39, 0.29) is 11.4 Å². The minimum absolute atomic E-state index is 0.0800. The number of carbonyl (C=O) groups excluding carboxylic acids is 1. The smallest absolute Gasteiger partial charge is 0.240 e.